The maximum absolute atomic E-state index is 12.7. The van der Waals surface area contributed by atoms with Crippen molar-refractivity contribution in [3.63, 3.8) is 0 Å². The highest BCUT2D eigenvalue weighted by Crippen LogP contribution is 2.37. The maximum atomic E-state index is 12.7. The number of carbonyl (C=O) groups excluding carboxylic acids is 1. The highest BCUT2D eigenvalue weighted by Gasteiger charge is 2.27. The van der Waals surface area contributed by atoms with E-state index < -0.39 is 0 Å². The molecule has 0 spiro atoms. The number of likely N-dealkylation sites (N-methyl/N-ethyl adjacent to an activating group) is 1. The zero-order chi connectivity index (χ0) is 25.2. The normalized spacial score (nSPS) is 19.2. The lowest BCUT2D eigenvalue weighted by atomic mass is 9.99. The smallest absolute Gasteiger partial charge is 0.252 e. The van der Waals surface area contributed by atoms with Crippen molar-refractivity contribution in [1.29, 1.82) is 0 Å². The summed E-state index contributed by atoms with van der Waals surface area (Å²) in [6.45, 7) is 9.87. The number of hydrogen-bond acceptors (Lipinski definition) is 7. The summed E-state index contributed by atoms with van der Waals surface area (Å²) in [6, 6.07) is 8.81. The number of nitrogens with one attached hydrogen (secondary N) is 2. The number of fused-ring (bicyclic) bond motifs is 1. The van der Waals surface area contributed by atoms with Crippen molar-refractivity contribution in [3.8, 4) is 10.6 Å². The monoisotopic (exact) mass is 526 g/mol. The van der Waals surface area contributed by atoms with E-state index in [-0.39, 0.29) is 5.91 Å². The van der Waals surface area contributed by atoms with Crippen LogP contribution in [0.5, 0.6) is 0 Å². The van der Waals surface area contributed by atoms with E-state index in [0.717, 1.165) is 66.9 Å². The summed E-state index contributed by atoms with van der Waals surface area (Å²) in [4.78, 5) is 27.9. The molecule has 192 valence electrons. The van der Waals surface area contributed by atoms with Gasteiger partial charge in [-0.25, -0.2) is 9.97 Å². The summed E-state index contributed by atoms with van der Waals surface area (Å²) in [5, 5.41) is 7.93. The van der Waals surface area contributed by atoms with E-state index in [1.807, 2.05) is 24.3 Å². The number of piperazine rings is 1. The molecule has 1 saturated heterocycles. The molecule has 2 aromatic heterocycles. The number of amides is 1. The largest absolute Gasteiger partial charge is 0.354 e. The molecule has 2 fully saturated rings. The van der Waals surface area contributed by atoms with E-state index in [1.54, 1.807) is 17.5 Å². The van der Waals surface area contributed by atoms with Gasteiger partial charge in [-0.15, -0.1) is 11.3 Å². The Morgan fingerprint density at radius 1 is 1.28 bits per heavy atom. The van der Waals surface area contributed by atoms with Crippen molar-refractivity contribution >= 4 is 44.9 Å². The van der Waals surface area contributed by atoms with Gasteiger partial charge in [0, 0.05) is 60.5 Å². The van der Waals surface area contributed by atoms with E-state index in [4.69, 9.17) is 16.6 Å². The molecule has 7 nitrogen and oxygen atoms in total. The lowest BCUT2D eigenvalue weighted by Gasteiger charge is -2.42. The number of thiophene rings is 1. The molecule has 3 heterocycles. The number of rotatable bonds is 9. The van der Waals surface area contributed by atoms with Gasteiger partial charge in [0.2, 0.25) is 5.95 Å². The second-order valence-corrected chi connectivity index (χ2v) is 11.8. The molecule has 36 heavy (non-hydrogen) atoms. The van der Waals surface area contributed by atoms with Crippen LogP contribution in [0, 0.1) is 5.92 Å². The maximum Gasteiger partial charge on any atom is 0.252 e. The molecule has 1 saturated carbocycles. The Balaban J connectivity index is 1.25. The molecule has 0 bridgehead atoms. The van der Waals surface area contributed by atoms with Crippen molar-refractivity contribution in [1.82, 2.24) is 25.1 Å². The van der Waals surface area contributed by atoms with Crippen LogP contribution in [-0.2, 0) is 0 Å². The van der Waals surface area contributed by atoms with Gasteiger partial charge in [-0.3, -0.25) is 9.69 Å². The summed E-state index contributed by atoms with van der Waals surface area (Å²) >= 11 is 8.12. The first-order chi connectivity index (χ1) is 17.4. The highest BCUT2D eigenvalue weighted by molar-refractivity contribution is 7.22. The van der Waals surface area contributed by atoms with Crippen LogP contribution >= 0.6 is 22.9 Å². The Labute approximate surface area is 222 Å². The number of anilines is 1. The standard InChI is InChI=1S/C27H35ClN6OS/c1-17(2)22-16-33(3)12-13-34(22)11-5-10-29-27-30-15-21(28)25(32-27)24-14-20-19(6-4-7-23(20)36-24)26(35)31-18-8-9-18/h4,6-7,14-15,17-18,22H,5,8-13,16H2,1-3H3,(H,31,35)(H,29,30,32). The van der Waals surface area contributed by atoms with E-state index in [1.165, 1.54) is 0 Å². The summed E-state index contributed by atoms with van der Waals surface area (Å²) < 4.78 is 1.05. The Hall–Kier alpha value is -2.26. The average molecular weight is 527 g/mol. The molecule has 1 aromatic carbocycles. The van der Waals surface area contributed by atoms with Crippen LogP contribution in [0.4, 0.5) is 5.95 Å². The summed E-state index contributed by atoms with van der Waals surface area (Å²) in [7, 11) is 2.21. The van der Waals surface area contributed by atoms with Crippen molar-refractivity contribution in [3.05, 3.63) is 41.0 Å². The van der Waals surface area contributed by atoms with Gasteiger partial charge < -0.3 is 15.5 Å². The highest BCUT2D eigenvalue weighted by atomic mass is 35.5. The van der Waals surface area contributed by atoms with Crippen molar-refractivity contribution < 1.29 is 4.79 Å². The fraction of sp³-hybridized carbons (Fsp3) is 0.519. The van der Waals surface area contributed by atoms with Gasteiger partial charge in [-0.05, 0) is 50.4 Å². The van der Waals surface area contributed by atoms with Crippen LogP contribution in [0.25, 0.3) is 20.7 Å². The summed E-state index contributed by atoms with van der Waals surface area (Å²) in [6.07, 6.45) is 4.82. The lowest BCUT2D eigenvalue weighted by molar-refractivity contribution is 0.0631. The van der Waals surface area contributed by atoms with E-state index in [9.17, 15) is 4.79 Å². The number of benzene rings is 1. The molecule has 9 heteroatoms. The van der Waals surface area contributed by atoms with E-state index in [2.05, 4.69) is 46.3 Å². The molecule has 2 aliphatic rings. The van der Waals surface area contributed by atoms with Crippen LogP contribution in [0.3, 0.4) is 0 Å². The zero-order valence-electron chi connectivity index (χ0n) is 21.3. The molecule has 1 aliphatic heterocycles. The van der Waals surface area contributed by atoms with Crippen LogP contribution in [-0.4, -0.2) is 77.5 Å². The molecule has 1 aliphatic carbocycles. The first-order valence-corrected chi connectivity index (χ1v) is 14.1. The van der Waals surface area contributed by atoms with Crippen molar-refractivity contribution in [2.75, 3.05) is 45.1 Å². The molecule has 2 N–H and O–H groups in total. The summed E-state index contributed by atoms with van der Waals surface area (Å²) in [5.41, 5.74) is 1.40. The fourth-order valence-electron chi connectivity index (χ4n) is 4.88. The van der Waals surface area contributed by atoms with Gasteiger partial charge in [0.15, 0.2) is 0 Å². The molecule has 3 aromatic rings. The topological polar surface area (TPSA) is 73.4 Å². The lowest BCUT2D eigenvalue weighted by Crippen LogP contribution is -2.54. The minimum atomic E-state index is -0.0105. The third-order valence-corrected chi connectivity index (χ3v) is 8.49. The van der Waals surface area contributed by atoms with Gasteiger partial charge in [0.1, 0.15) is 5.69 Å². The minimum absolute atomic E-state index is 0.0105. The number of aromatic nitrogens is 2. The van der Waals surface area contributed by atoms with Crippen molar-refractivity contribution in [2.24, 2.45) is 5.92 Å². The number of halogens is 1. The number of carbonyl (C=O) groups is 1. The Morgan fingerprint density at radius 3 is 2.89 bits per heavy atom. The van der Waals surface area contributed by atoms with Crippen LogP contribution in [0.1, 0.15) is 43.5 Å². The molecule has 1 atom stereocenters. The Kier molecular flexibility index (Phi) is 7.76. The van der Waals surface area contributed by atoms with Crippen LogP contribution in [0.15, 0.2) is 30.5 Å². The Morgan fingerprint density at radius 2 is 2.11 bits per heavy atom. The van der Waals surface area contributed by atoms with Gasteiger partial charge in [0.25, 0.3) is 5.91 Å². The Bertz CT molecular complexity index is 1230. The van der Waals surface area contributed by atoms with Crippen molar-refractivity contribution in [2.45, 2.75) is 45.2 Å². The van der Waals surface area contributed by atoms with Gasteiger partial charge in [0.05, 0.1) is 16.1 Å². The first-order valence-electron chi connectivity index (χ1n) is 12.9. The number of hydrogen-bond donors (Lipinski definition) is 2. The molecular formula is C27H35ClN6OS. The van der Waals surface area contributed by atoms with E-state index >= 15 is 0 Å². The quantitative estimate of drug-likeness (QED) is 0.383. The van der Waals surface area contributed by atoms with Gasteiger partial charge >= 0.3 is 0 Å². The number of nitrogens with zero attached hydrogens (tertiary/aromatic N) is 4. The predicted octanol–water partition coefficient (Wildman–Crippen LogP) is 4.98. The molecule has 5 rings (SSSR count). The predicted molar refractivity (Wildman–Crippen MR) is 149 cm³/mol. The van der Waals surface area contributed by atoms with Crippen LogP contribution in [0.2, 0.25) is 5.02 Å². The molecule has 0 radical (unpaired) electrons. The molecular weight excluding hydrogens is 492 g/mol. The van der Waals surface area contributed by atoms with Crippen LogP contribution < -0.4 is 10.6 Å². The SMILES string of the molecule is CC(C)C1CN(C)CCN1CCCNc1ncc(Cl)c(-c2cc3c(C(=O)NC4CC4)cccc3s2)n1. The van der Waals surface area contributed by atoms with E-state index in [0.29, 0.717) is 40.2 Å². The molecule has 1 amide bonds. The zero-order valence-corrected chi connectivity index (χ0v) is 22.8. The second kappa shape index (κ2) is 11.0. The third kappa shape index (κ3) is 5.83. The third-order valence-electron chi connectivity index (χ3n) is 7.11. The average Bonchev–Trinajstić information content (AvgIpc) is 3.57. The fourth-order valence-corrected chi connectivity index (χ4v) is 6.22. The summed E-state index contributed by atoms with van der Waals surface area (Å²) in [5.74, 6) is 1.21. The van der Waals surface area contributed by atoms with Gasteiger partial charge in [-0.2, -0.15) is 0 Å². The minimum Gasteiger partial charge on any atom is -0.354 e. The second-order valence-electron chi connectivity index (χ2n) is 10.4. The molecule has 1 unspecified atom stereocenters. The first kappa shape index (κ1) is 25.4. The van der Waals surface area contributed by atoms with Gasteiger partial charge in [-0.1, -0.05) is 31.5 Å².